The van der Waals surface area contributed by atoms with Crippen molar-refractivity contribution >= 4 is 11.8 Å². The first-order chi connectivity index (χ1) is 9.20. The summed E-state index contributed by atoms with van der Waals surface area (Å²) in [4.78, 5) is 25.3. The van der Waals surface area contributed by atoms with Gasteiger partial charge >= 0.3 is 0 Å². The lowest BCUT2D eigenvalue weighted by Crippen LogP contribution is -2.33. The van der Waals surface area contributed by atoms with E-state index in [2.05, 4.69) is 11.4 Å². The van der Waals surface area contributed by atoms with Crippen LogP contribution in [-0.2, 0) is 9.59 Å². The van der Waals surface area contributed by atoms with Crippen LogP contribution in [0.25, 0.3) is 0 Å². The first kappa shape index (κ1) is 14.1. The Morgan fingerprint density at radius 2 is 2.32 bits per heavy atom. The van der Waals surface area contributed by atoms with E-state index in [0.29, 0.717) is 26.1 Å². The van der Waals surface area contributed by atoms with Gasteiger partial charge in [-0.05, 0) is 39.0 Å². The molecule has 1 aliphatic heterocycles. The van der Waals surface area contributed by atoms with Crippen molar-refractivity contribution in [3.63, 3.8) is 0 Å². The lowest BCUT2D eigenvalue weighted by molar-refractivity contribution is -0.128. The molecule has 0 aromatic heterocycles. The topological polar surface area (TPSA) is 49.4 Å². The molecule has 0 radical (unpaired) electrons. The van der Waals surface area contributed by atoms with Crippen LogP contribution in [0.15, 0.2) is 11.6 Å². The third-order valence-corrected chi connectivity index (χ3v) is 4.10. The van der Waals surface area contributed by atoms with Gasteiger partial charge in [-0.1, -0.05) is 11.6 Å². The summed E-state index contributed by atoms with van der Waals surface area (Å²) in [6.45, 7) is 3.95. The van der Waals surface area contributed by atoms with Crippen LogP contribution in [-0.4, -0.2) is 36.3 Å². The van der Waals surface area contributed by atoms with Crippen molar-refractivity contribution in [2.75, 3.05) is 19.6 Å². The molecule has 1 heterocycles. The maximum Gasteiger partial charge on any atom is 0.225 e. The maximum atomic E-state index is 12.0. The van der Waals surface area contributed by atoms with Gasteiger partial charge in [-0.25, -0.2) is 0 Å². The number of rotatable bonds is 5. The van der Waals surface area contributed by atoms with Gasteiger partial charge in [0.15, 0.2) is 0 Å². The van der Waals surface area contributed by atoms with Crippen molar-refractivity contribution < 1.29 is 9.59 Å². The van der Waals surface area contributed by atoms with E-state index in [-0.39, 0.29) is 17.7 Å². The number of likely N-dealkylation sites (tertiary alicyclic amines) is 1. The standard InChI is InChI=1S/C15H24N2O2/c1-2-17-11-13(10-14(17)18)15(19)16-9-8-12-6-4-3-5-7-12/h6,13H,2-5,7-11H2,1H3,(H,16,19)/t13-/m0/s1. The summed E-state index contributed by atoms with van der Waals surface area (Å²) in [6, 6.07) is 0. The smallest absolute Gasteiger partial charge is 0.225 e. The Hall–Kier alpha value is -1.32. The Bertz CT molecular complexity index is 376. The summed E-state index contributed by atoms with van der Waals surface area (Å²) in [5.41, 5.74) is 1.48. The minimum absolute atomic E-state index is 0.0423. The van der Waals surface area contributed by atoms with E-state index in [1.54, 1.807) is 4.90 Å². The second-order valence-electron chi connectivity index (χ2n) is 5.48. The van der Waals surface area contributed by atoms with Gasteiger partial charge in [-0.15, -0.1) is 0 Å². The summed E-state index contributed by atoms with van der Waals surface area (Å²) >= 11 is 0. The molecule has 1 atom stereocenters. The second-order valence-corrected chi connectivity index (χ2v) is 5.48. The molecule has 106 valence electrons. The minimum Gasteiger partial charge on any atom is -0.355 e. The first-order valence-corrected chi connectivity index (χ1v) is 7.44. The summed E-state index contributed by atoms with van der Waals surface area (Å²) < 4.78 is 0. The SMILES string of the molecule is CCN1C[C@@H](C(=O)NCCC2=CCCCC2)CC1=O. The van der Waals surface area contributed by atoms with Crippen LogP contribution in [0, 0.1) is 5.92 Å². The van der Waals surface area contributed by atoms with Crippen molar-refractivity contribution in [2.24, 2.45) is 5.92 Å². The average Bonchev–Trinajstić information content (AvgIpc) is 2.81. The highest BCUT2D eigenvalue weighted by Crippen LogP contribution is 2.20. The molecule has 0 bridgehead atoms. The molecule has 0 unspecified atom stereocenters. The highest BCUT2D eigenvalue weighted by Gasteiger charge is 2.32. The number of allylic oxidation sites excluding steroid dienone is 1. The van der Waals surface area contributed by atoms with Crippen LogP contribution in [0.4, 0.5) is 0 Å². The minimum atomic E-state index is -0.146. The molecule has 19 heavy (non-hydrogen) atoms. The molecule has 4 heteroatoms. The molecule has 0 saturated carbocycles. The van der Waals surface area contributed by atoms with E-state index in [1.807, 2.05) is 6.92 Å². The molecule has 2 aliphatic rings. The lowest BCUT2D eigenvalue weighted by atomic mass is 9.97. The molecule has 2 amide bonds. The quantitative estimate of drug-likeness (QED) is 0.771. The highest BCUT2D eigenvalue weighted by molar-refractivity contribution is 5.89. The number of nitrogens with one attached hydrogen (secondary N) is 1. The van der Waals surface area contributed by atoms with Crippen molar-refractivity contribution in [1.82, 2.24) is 10.2 Å². The van der Waals surface area contributed by atoms with Gasteiger partial charge in [0.05, 0.1) is 5.92 Å². The van der Waals surface area contributed by atoms with E-state index in [1.165, 1.54) is 31.3 Å². The van der Waals surface area contributed by atoms with Gasteiger partial charge in [0.1, 0.15) is 0 Å². The summed E-state index contributed by atoms with van der Waals surface area (Å²) in [7, 11) is 0. The Labute approximate surface area is 115 Å². The number of carbonyl (C=O) groups is 2. The Balaban J connectivity index is 1.70. The molecular formula is C15H24N2O2. The van der Waals surface area contributed by atoms with Gasteiger partial charge in [0.2, 0.25) is 11.8 Å². The Morgan fingerprint density at radius 1 is 1.47 bits per heavy atom. The number of hydrogen-bond donors (Lipinski definition) is 1. The number of amides is 2. The van der Waals surface area contributed by atoms with Gasteiger partial charge in [-0.2, -0.15) is 0 Å². The Kier molecular flexibility index (Phi) is 5.00. The van der Waals surface area contributed by atoms with E-state index >= 15 is 0 Å². The summed E-state index contributed by atoms with van der Waals surface area (Å²) in [6.07, 6.45) is 8.60. The molecule has 1 fully saturated rings. The van der Waals surface area contributed by atoms with E-state index in [0.717, 1.165) is 6.42 Å². The third-order valence-electron chi connectivity index (χ3n) is 4.10. The monoisotopic (exact) mass is 264 g/mol. The number of carbonyl (C=O) groups excluding carboxylic acids is 2. The van der Waals surface area contributed by atoms with Crippen LogP contribution < -0.4 is 5.32 Å². The van der Waals surface area contributed by atoms with E-state index in [4.69, 9.17) is 0 Å². The zero-order chi connectivity index (χ0) is 13.7. The van der Waals surface area contributed by atoms with Crippen LogP contribution >= 0.6 is 0 Å². The third kappa shape index (κ3) is 3.82. The molecule has 0 aromatic carbocycles. The van der Waals surface area contributed by atoms with Crippen LogP contribution in [0.3, 0.4) is 0 Å². The van der Waals surface area contributed by atoms with Crippen molar-refractivity contribution in [2.45, 2.75) is 45.4 Å². The summed E-state index contributed by atoms with van der Waals surface area (Å²) in [5, 5.41) is 2.98. The summed E-state index contributed by atoms with van der Waals surface area (Å²) in [5.74, 6) is 0.00568. The van der Waals surface area contributed by atoms with Crippen LogP contribution in [0.1, 0.15) is 45.4 Å². The predicted octanol–water partition coefficient (Wildman–Crippen LogP) is 1.86. The second kappa shape index (κ2) is 6.73. The van der Waals surface area contributed by atoms with Crippen molar-refractivity contribution in [3.8, 4) is 0 Å². The molecular weight excluding hydrogens is 240 g/mol. The fourth-order valence-corrected chi connectivity index (χ4v) is 2.88. The zero-order valence-corrected chi connectivity index (χ0v) is 11.8. The largest absolute Gasteiger partial charge is 0.355 e. The van der Waals surface area contributed by atoms with Gasteiger partial charge in [-0.3, -0.25) is 9.59 Å². The lowest BCUT2D eigenvalue weighted by Gasteiger charge is -2.15. The van der Waals surface area contributed by atoms with Crippen LogP contribution in [0.2, 0.25) is 0 Å². The first-order valence-electron chi connectivity index (χ1n) is 7.44. The fraction of sp³-hybridized carbons (Fsp3) is 0.733. The molecule has 1 saturated heterocycles. The number of nitrogens with zero attached hydrogens (tertiary/aromatic N) is 1. The van der Waals surface area contributed by atoms with Gasteiger partial charge in [0.25, 0.3) is 0 Å². The van der Waals surface area contributed by atoms with E-state index in [9.17, 15) is 9.59 Å². The van der Waals surface area contributed by atoms with Gasteiger partial charge in [0, 0.05) is 26.1 Å². The number of hydrogen-bond acceptors (Lipinski definition) is 2. The van der Waals surface area contributed by atoms with Crippen molar-refractivity contribution in [1.29, 1.82) is 0 Å². The molecule has 2 rings (SSSR count). The average molecular weight is 264 g/mol. The van der Waals surface area contributed by atoms with Gasteiger partial charge < -0.3 is 10.2 Å². The molecule has 4 nitrogen and oxygen atoms in total. The van der Waals surface area contributed by atoms with E-state index < -0.39 is 0 Å². The normalized spacial score (nSPS) is 23.4. The highest BCUT2D eigenvalue weighted by atomic mass is 16.2. The zero-order valence-electron chi connectivity index (χ0n) is 11.8. The molecule has 1 N–H and O–H groups in total. The Morgan fingerprint density at radius 3 is 2.95 bits per heavy atom. The fourth-order valence-electron chi connectivity index (χ4n) is 2.88. The van der Waals surface area contributed by atoms with Crippen LogP contribution in [0.5, 0.6) is 0 Å². The molecule has 0 aromatic rings. The maximum absolute atomic E-state index is 12.0. The van der Waals surface area contributed by atoms with Crippen molar-refractivity contribution in [3.05, 3.63) is 11.6 Å². The predicted molar refractivity (Wildman–Crippen MR) is 74.5 cm³/mol. The molecule has 0 spiro atoms. The molecule has 1 aliphatic carbocycles.